The maximum absolute atomic E-state index is 7.74. The van der Waals surface area contributed by atoms with Crippen molar-refractivity contribution in [1.29, 1.82) is 5.41 Å². The second-order valence-corrected chi connectivity index (χ2v) is 4.42. The fourth-order valence-corrected chi connectivity index (χ4v) is 1.60. The van der Waals surface area contributed by atoms with Gasteiger partial charge in [0.25, 0.3) is 0 Å². The van der Waals surface area contributed by atoms with Crippen molar-refractivity contribution in [2.24, 2.45) is 16.5 Å². The van der Waals surface area contributed by atoms with Gasteiger partial charge >= 0.3 is 0 Å². The molecule has 0 amide bonds. The molecular formula is C11H17BrClN5. The lowest BCUT2D eigenvalue weighted by atomic mass is 10.2. The Morgan fingerprint density at radius 1 is 1.33 bits per heavy atom. The Labute approximate surface area is 121 Å². The van der Waals surface area contributed by atoms with Gasteiger partial charge in [0.15, 0.2) is 5.96 Å². The number of nitrogens with two attached hydrogens (primary N) is 2. The van der Waals surface area contributed by atoms with Crippen LogP contribution < -0.4 is 11.5 Å². The van der Waals surface area contributed by atoms with Crippen molar-refractivity contribution in [3.8, 4) is 0 Å². The molecule has 0 aromatic heterocycles. The monoisotopic (exact) mass is 333 g/mol. The topological polar surface area (TPSA) is 91.5 Å². The summed E-state index contributed by atoms with van der Waals surface area (Å²) < 4.78 is 1.03. The molecule has 0 atom stereocenters. The van der Waals surface area contributed by atoms with Crippen LogP contribution in [0.4, 0.5) is 0 Å². The molecule has 0 fully saturated rings. The molecule has 0 aliphatic carbocycles. The van der Waals surface area contributed by atoms with Gasteiger partial charge in [0.05, 0.1) is 0 Å². The van der Waals surface area contributed by atoms with Gasteiger partial charge in [0.1, 0.15) is 0 Å². The van der Waals surface area contributed by atoms with Crippen LogP contribution in [0.3, 0.4) is 0 Å². The number of hydrogen-bond acceptors (Lipinski definition) is 1. The minimum Gasteiger partial charge on any atom is -0.370 e. The minimum atomic E-state index is -0.0933. The van der Waals surface area contributed by atoms with E-state index in [1.807, 2.05) is 31.2 Å². The Balaban J connectivity index is 0.00000289. The Morgan fingerprint density at radius 3 is 2.33 bits per heavy atom. The van der Waals surface area contributed by atoms with Crippen molar-refractivity contribution in [2.45, 2.75) is 13.5 Å². The third-order valence-corrected chi connectivity index (χ3v) is 2.73. The van der Waals surface area contributed by atoms with E-state index >= 15 is 0 Å². The summed E-state index contributed by atoms with van der Waals surface area (Å²) in [5.74, 6) is -0.0142. The molecular weight excluding hydrogens is 318 g/mol. The van der Waals surface area contributed by atoms with Crippen LogP contribution in [-0.4, -0.2) is 23.4 Å². The SMILES string of the molecule is CCN(Cc1ccc(Br)cc1)C(=N)N=C(N)N.Cl. The summed E-state index contributed by atoms with van der Waals surface area (Å²) in [6, 6.07) is 7.92. The first-order valence-corrected chi connectivity index (χ1v) is 5.99. The number of rotatable bonds is 3. The Morgan fingerprint density at radius 2 is 1.89 bits per heavy atom. The maximum atomic E-state index is 7.74. The molecule has 100 valence electrons. The Bertz CT molecular complexity index is 414. The highest BCUT2D eigenvalue weighted by atomic mass is 79.9. The van der Waals surface area contributed by atoms with Crippen LogP contribution in [0.25, 0.3) is 0 Å². The van der Waals surface area contributed by atoms with Gasteiger partial charge in [-0.3, -0.25) is 5.41 Å². The first-order chi connectivity index (χ1) is 8.02. The zero-order valence-corrected chi connectivity index (χ0v) is 12.5. The fraction of sp³-hybridized carbons (Fsp3) is 0.273. The van der Waals surface area contributed by atoms with Crippen molar-refractivity contribution in [3.05, 3.63) is 34.3 Å². The third-order valence-electron chi connectivity index (χ3n) is 2.20. The lowest BCUT2D eigenvalue weighted by molar-refractivity contribution is 0.428. The van der Waals surface area contributed by atoms with Crippen molar-refractivity contribution in [1.82, 2.24) is 4.90 Å². The molecule has 0 heterocycles. The molecule has 0 aliphatic rings. The number of aliphatic imine (C=N–C) groups is 1. The van der Waals surface area contributed by atoms with Crippen LogP contribution in [0.2, 0.25) is 0 Å². The Hall–Kier alpha value is -1.27. The zero-order valence-electron chi connectivity index (χ0n) is 10.1. The largest absolute Gasteiger partial charge is 0.370 e. The van der Waals surface area contributed by atoms with Gasteiger partial charge in [-0.2, -0.15) is 4.99 Å². The lowest BCUT2D eigenvalue weighted by Gasteiger charge is -2.20. The molecule has 0 bridgehead atoms. The summed E-state index contributed by atoms with van der Waals surface area (Å²) in [6.07, 6.45) is 0. The number of halogens is 2. The van der Waals surface area contributed by atoms with Crippen molar-refractivity contribution >= 4 is 40.3 Å². The number of nitrogens with one attached hydrogen (secondary N) is 1. The molecule has 0 saturated carbocycles. The van der Waals surface area contributed by atoms with Crippen LogP contribution in [-0.2, 0) is 6.54 Å². The van der Waals surface area contributed by atoms with E-state index in [1.54, 1.807) is 4.90 Å². The van der Waals surface area contributed by atoms with Gasteiger partial charge in [0, 0.05) is 17.6 Å². The number of benzene rings is 1. The smallest absolute Gasteiger partial charge is 0.221 e. The average Bonchev–Trinajstić information content (AvgIpc) is 2.27. The molecule has 0 unspecified atom stereocenters. The number of hydrogen-bond donors (Lipinski definition) is 3. The molecule has 0 spiro atoms. The molecule has 1 aromatic rings. The molecule has 18 heavy (non-hydrogen) atoms. The summed E-state index contributed by atoms with van der Waals surface area (Å²) in [5, 5.41) is 7.74. The molecule has 1 rings (SSSR count). The second-order valence-electron chi connectivity index (χ2n) is 3.50. The van der Waals surface area contributed by atoms with Crippen molar-refractivity contribution < 1.29 is 0 Å². The second kappa shape index (κ2) is 7.94. The standard InChI is InChI=1S/C11H16BrN5.ClH/c1-2-17(11(15)16-10(13)14)7-8-3-5-9(12)6-4-8;/h3-6H,2,7H2,1H3,(H5,13,14,15,16);1H. The van der Waals surface area contributed by atoms with E-state index in [4.69, 9.17) is 16.9 Å². The van der Waals surface area contributed by atoms with Gasteiger partial charge in [-0.1, -0.05) is 28.1 Å². The summed E-state index contributed by atoms with van der Waals surface area (Å²) in [6.45, 7) is 3.24. The highest BCUT2D eigenvalue weighted by Gasteiger charge is 2.07. The van der Waals surface area contributed by atoms with E-state index < -0.39 is 0 Å². The first-order valence-electron chi connectivity index (χ1n) is 5.20. The van der Waals surface area contributed by atoms with E-state index in [0.717, 1.165) is 10.0 Å². The first kappa shape index (κ1) is 16.7. The predicted molar refractivity (Wildman–Crippen MR) is 81.0 cm³/mol. The average molecular weight is 335 g/mol. The molecule has 5 N–H and O–H groups in total. The number of nitrogens with zero attached hydrogens (tertiary/aromatic N) is 2. The van der Waals surface area contributed by atoms with E-state index in [-0.39, 0.29) is 24.3 Å². The normalized spacial score (nSPS) is 9.22. The summed E-state index contributed by atoms with van der Waals surface area (Å²) in [7, 11) is 0. The summed E-state index contributed by atoms with van der Waals surface area (Å²) >= 11 is 3.38. The Kier molecular flexibility index (Phi) is 7.38. The predicted octanol–water partition coefficient (Wildman–Crippen LogP) is 1.90. The van der Waals surface area contributed by atoms with Gasteiger partial charge in [0.2, 0.25) is 5.96 Å². The van der Waals surface area contributed by atoms with Crippen LogP contribution in [0.15, 0.2) is 33.7 Å². The van der Waals surface area contributed by atoms with E-state index in [1.165, 1.54) is 0 Å². The molecule has 7 heteroatoms. The zero-order chi connectivity index (χ0) is 12.8. The van der Waals surface area contributed by atoms with Gasteiger partial charge in [-0.25, -0.2) is 0 Å². The van der Waals surface area contributed by atoms with Crippen LogP contribution in [0.5, 0.6) is 0 Å². The highest BCUT2D eigenvalue weighted by Crippen LogP contribution is 2.12. The van der Waals surface area contributed by atoms with Gasteiger partial charge < -0.3 is 16.4 Å². The third kappa shape index (κ3) is 5.37. The molecule has 5 nitrogen and oxygen atoms in total. The van der Waals surface area contributed by atoms with Crippen LogP contribution in [0.1, 0.15) is 12.5 Å². The highest BCUT2D eigenvalue weighted by molar-refractivity contribution is 9.10. The van der Waals surface area contributed by atoms with Crippen LogP contribution in [0, 0.1) is 5.41 Å². The van der Waals surface area contributed by atoms with Crippen molar-refractivity contribution in [2.75, 3.05) is 6.54 Å². The molecule has 0 aliphatic heterocycles. The van der Waals surface area contributed by atoms with Gasteiger partial charge in [-0.05, 0) is 24.6 Å². The number of guanidine groups is 2. The molecule has 0 radical (unpaired) electrons. The summed E-state index contributed by atoms with van der Waals surface area (Å²) in [5.41, 5.74) is 11.6. The van der Waals surface area contributed by atoms with Crippen molar-refractivity contribution in [3.63, 3.8) is 0 Å². The lowest BCUT2D eigenvalue weighted by Crippen LogP contribution is -2.32. The molecule has 1 aromatic carbocycles. The maximum Gasteiger partial charge on any atom is 0.221 e. The fourth-order valence-electron chi connectivity index (χ4n) is 1.34. The van der Waals surface area contributed by atoms with E-state index in [2.05, 4.69) is 20.9 Å². The summed E-state index contributed by atoms with van der Waals surface area (Å²) in [4.78, 5) is 5.52. The minimum absolute atomic E-state index is 0. The van der Waals surface area contributed by atoms with E-state index in [0.29, 0.717) is 13.1 Å². The van der Waals surface area contributed by atoms with Crippen LogP contribution >= 0.6 is 28.3 Å². The quantitative estimate of drug-likeness (QED) is 0.582. The van der Waals surface area contributed by atoms with Gasteiger partial charge in [-0.15, -0.1) is 12.4 Å². The van der Waals surface area contributed by atoms with E-state index in [9.17, 15) is 0 Å². The molecule has 0 saturated heterocycles.